The lowest BCUT2D eigenvalue weighted by Gasteiger charge is -2.12. The lowest BCUT2D eigenvalue weighted by molar-refractivity contribution is -0.112. The minimum atomic E-state index is -0.861. The van der Waals surface area contributed by atoms with Gasteiger partial charge in [0.25, 0.3) is 11.7 Å². The second kappa shape index (κ2) is 7.19. The molecule has 0 atom stereocenters. The number of benzene rings is 2. The van der Waals surface area contributed by atoms with Crippen molar-refractivity contribution in [1.29, 1.82) is 0 Å². The second-order valence-electron chi connectivity index (χ2n) is 6.65. The highest BCUT2D eigenvalue weighted by molar-refractivity contribution is 6.46. The Morgan fingerprint density at radius 2 is 1.63 bits per heavy atom. The van der Waals surface area contributed by atoms with Crippen LogP contribution in [0.3, 0.4) is 0 Å². The molecule has 0 aliphatic rings. The number of nitrogens with one attached hydrogen (secondary N) is 1. The van der Waals surface area contributed by atoms with Crippen molar-refractivity contribution >= 4 is 17.4 Å². The summed E-state index contributed by atoms with van der Waals surface area (Å²) >= 11 is 0. The highest BCUT2D eigenvalue weighted by atomic mass is 19.1. The van der Waals surface area contributed by atoms with E-state index in [4.69, 9.17) is 0 Å². The highest BCUT2D eigenvalue weighted by Gasteiger charge is 2.23. The number of rotatable bonds is 4. The lowest BCUT2D eigenvalue weighted by atomic mass is 10.1. The monoisotopic (exact) mass is 364 g/mol. The van der Waals surface area contributed by atoms with Crippen molar-refractivity contribution in [2.75, 3.05) is 5.32 Å². The lowest BCUT2D eigenvalue weighted by Crippen LogP contribution is -2.23. The van der Waals surface area contributed by atoms with Crippen molar-refractivity contribution in [2.24, 2.45) is 0 Å². The topological polar surface area (TPSA) is 51.1 Å². The molecule has 4 nitrogen and oxygen atoms in total. The molecule has 0 saturated heterocycles. The molecule has 0 radical (unpaired) electrons. The Kier molecular flexibility index (Phi) is 4.95. The summed E-state index contributed by atoms with van der Waals surface area (Å²) in [5.41, 5.74) is 5.06. The minimum absolute atomic E-state index is 0.0150. The largest absolute Gasteiger partial charge is 0.318 e. The van der Waals surface area contributed by atoms with Crippen LogP contribution in [0.5, 0.6) is 0 Å². The normalized spacial score (nSPS) is 10.7. The molecule has 0 aliphatic heterocycles. The molecular weight excluding hydrogens is 343 g/mol. The number of hydrogen-bond acceptors (Lipinski definition) is 2. The molecule has 1 heterocycles. The molecule has 1 aromatic heterocycles. The van der Waals surface area contributed by atoms with Gasteiger partial charge in [-0.15, -0.1) is 0 Å². The number of carbonyl (C=O) groups excluding carboxylic acids is 2. The van der Waals surface area contributed by atoms with Gasteiger partial charge in [-0.1, -0.05) is 18.2 Å². The van der Waals surface area contributed by atoms with Crippen molar-refractivity contribution in [3.05, 3.63) is 82.4 Å². The SMILES string of the molecule is Cc1ccc(-n2c(C)cc(C(=O)C(=O)Nc3ccccc3F)c2C)cc1C. The number of amides is 1. The Labute approximate surface area is 157 Å². The molecule has 2 aromatic carbocycles. The zero-order valence-electron chi connectivity index (χ0n) is 15.8. The van der Waals surface area contributed by atoms with E-state index in [9.17, 15) is 14.0 Å². The van der Waals surface area contributed by atoms with Gasteiger partial charge < -0.3 is 9.88 Å². The molecule has 27 heavy (non-hydrogen) atoms. The molecule has 138 valence electrons. The summed E-state index contributed by atoms with van der Waals surface area (Å²) < 4.78 is 15.7. The number of ketones is 1. The number of halogens is 1. The Hall–Kier alpha value is -3.21. The van der Waals surface area contributed by atoms with Gasteiger partial charge in [0.1, 0.15) is 5.82 Å². The van der Waals surface area contributed by atoms with Crippen molar-refractivity contribution in [1.82, 2.24) is 4.57 Å². The first-order chi connectivity index (χ1) is 12.8. The maximum Gasteiger partial charge on any atom is 0.296 e. The first kappa shape index (κ1) is 18.6. The average molecular weight is 364 g/mol. The van der Waals surface area contributed by atoms with Gasteiger partial charge in [0.05, 0.1) is 5.69 Å². The predicted molar refractivity (Wildman–Crippen MR) is 104 cm³/mol. The van der Waals surface area contributed by atoms with Crippen LogP contribution in [0.4, 0.5) is 10.1 Å². The number of aryl methyl sites for hydroxylation is 3. The van der Waals surface area contributed by atoms with E-state index in [0.717, 1.165) is 16.9 Å². The second-order valence-corrected chi connectivity index (χ2v) is 6.65. The molecule has 0 unspecified atom stereocenters. The fourth-order valence-corrected chi connectivity index (χ4v) is 3.12. The van der Waals surface area contributed by atoms with E-state index in [1.54, 1.807) is 19.1 Å². The predicted octanol–water partition coefficient (Wildman–Crippen LogP) is 4.67. The first-order valence-electron chi connectivity index (χ1n) is 8.66. The van der Waals surface area contributed by atoms with E-state index in [-0.39, 0.29) is 5.69 Å². The Morgan fingerprint density at radius 1 is 0.926 bits per heavy atom. The highest BCUT2D eigenvalue weighted by Crippen LogP contribution is 2.23. The van der Waals surface area contributed by atoms with Crippen LogP contribution in [0.2, 0.25) is 0 Å². The van der Waals surface area contributed by atoms with Crippen LogP contribution in [-0.2, 0) is 4.79 Å². The van der Waals surface area contributed by atoms with Gasteiger partial charge in [0.15, 0.2) is 0 Å². The third kappa shape index (κ3) is 3.53. The summed E-state index contributed by atoms with van der Waals surface area (Å²) in [5, 5.41) is 2.35. The van der Waals surface area contributed by atoms with Gasteiger partial charge in [0, 0.05) is 22.6 Å². The zero-order chi connectivity index (χ0) is 19.7. The maximum atomic E-state index is 13.7. The molecular formula is C22H21FN2O2. The summed E-state index contributed by atoms with van der Waals surface area (Å²) in [6.45, 7) is 7.75. The number of nitrogens with zero attached hydrogens (tertiary/aromatic N) is 1. The third-order valence-corrected chi connectivity index (χ3v) is 4.75. The summed E-state index contributed by atoms with van der Waals surface area (Å²) in [4.78, 5) is 25.0. The molecule has 0 saturated carbocycles. The van der Waals surface area contributed by atoms with Gasteiger partial charge in [-0.3, -0.25) is 9.59 Å². The smallest absolute Gasteiger partial charge is 0.296 e. The molecule has 1 amide bonds. The van der Waals surface area contributed by atoms with E-state index in [1.807, 2.05) is 43.5 Å². The fraction of sp³-hybridized carbons (Fsp3) is 0.182. The van der Waals surface area contributed by atoms with Crippen LogP contribution in [0.25, 0.3) is 5.69 Å². The summed E-state index contributed by atoms with van der Waals surface area (Å²) in [6, 6.07) is 13.5. The minimum Gasteiger partial charge on any atom is -0.318 e. The number of aromatic nitrogens is 1. The van der Waals surface area contributed by atoms with Gasteiger partial charge in [-0.2, -0.15) is 0 Å². The Balaban J connectivity index is 1.93. The molecule has 3 aromatic rings. The fourth-order valence-electron chi connectivity index (χ4n) is 3.12. The number of hydrogen-bond donors (Lipinski definition) is 1. The molecule has 0 aliphatic carbocycles. The average Bonchev–Trinajstić information content (AvgIpc) is 2.93. The van der Waals surface area contributed by atoms with Gasteiger partial charge >= 0.3 is 0 Å². The summed E-state index contributed by atoms with van der Waals surface area (Å²) in [5.74, 6) is -2.14. The van der Waals surface area contributed by atoms with E-state index in [2.05, 4.69) is 5.32 Å². The molecule has 0 fully saturated rings. The van der Waals surface area contributed by atoms with Crippen LogP contribution in [0.15, 0.2) is 48.5 Å². The van der Waals surface area contributed by atoms with Crippen LogP contribution in [0, 0.1) is 33.5 Å². The number of anilines is 1. The van der Waals surface area contributed by atoms with E-state index in [0.29, 0.717) is 11.3 Å². The quantitative estimate of drug-likeness (QED) is 0.540. The van der Waals surface area contributed by atoms with Crippen LogP contribution >= 0.6 is 0 Å². The van der Waals surface area contributed by atoms with Gasteiger partial charge in [-0.25, -0.2) is 4.39 Å². The number of Topliss-reactive ketones (excluding diaryl/α,β-unsaturated/α-hetero) is 1. The van der Waals surface area contributed by atoms with Crippen molar-refractivity contribution in [3.8, 4) is 5.69 Å². The molecule has 1 N–H and O–H groups in total. The number of carbonyl (C=O) groups is 2. The third-order valence-electron chi connectivity index (χ3n) is 4.75. The van der Waals surface area contributed by atoms with Gasteiger partial charge in [-0.05, 0) is 69.2 Å². The summed E-state index contributed by atoms with van der Waals surface area (Å²) in [6.07, 6.45) is 0. The van der Waals surface area contributed by atoms with Crippen molar-refractivity contribution in [3.63, 3.8) is 0 Å². The van der Waals surface area contributed by atoms with Crippen LogP contribution in [-0.4, -0.2) is 16.3 Å². The number of para-hydroxylation sites is 1. The van der Waals surface area contributed by atoms with Crippen molar-refractivity contribution in [2.45, 2.75) is 27.7 Å². The van der Waals surface area contributed by atoms with Crippen molar-refractivity contribution < 1.29 is 14.0 Å². The van der Waals surface area contributed by atoms with Gasteiger partial charge in [0.2, 0.25) is 0 Å². The van der Waals surface area contributed by atoms with E-state index < -0.39 is 17.5 Å². The molecule has 0 spiro atoms. The van der Waals surface area contributed by atoms with E-state index in [1.165, 1.54) is 23.8 Å². The standard InChI is InChI=1S/C22H21FN2O2/c1-13-9-10-17(11-14(13)2)25-15(3)12-18(16(25)4)21(26)22(27)24-20-8-6-5-7-19(20)23/h5-12H,1-4H3,(H,24,27). The molecule has 5 heteroatoms. The maximum absolute atomic E-state index is 13.7. The Bertz CT molecular complexity index is 1050. The Morgan fingerprint density at radius 3 is 2.30 bits per heavy atom. The van der Waals surface area contributed by atoms with E-state index >= 15 is 0 Å². The molecule has 3 rings (SSSR count). The zero-order valence-corrected chi connectivity index (χ0v) is 15.8. The van der Waals surface area contributed by atoms with Crippen LogP contribution in [0.1, 0.15) is 32.9 Å². The summed E-state index contributed by atoms with van der Waals surface area (Å²) in [7, 11) is 0. The molecule has 0 bridgehead atoms. The first-order valence-corrected chi connectivity index (χ1v) is 8.66. The van der Waals surface area contributed by atoms with Crippen LogP contribution < -0.4 is 5.32 Å².